The molecule has 0 rings (SSSR count). The van der Waals surface area contributed by atoms with Gasteiger partial charge in [0.25, 0.3) is 0 Å². The van der Waals surface area contributed by atoms with Crippen LogP contribution in [0, 0.1) is 5.41 Å². The van der Waals surface area contributed by atoms with Gasteiger partial charge in [-0.05, 0) is 12.8 Å². The number of guanidine groups is 2. The fourth-order valence-electron chi connectivity index (χ4n) is 1.59. The minimum atomic E-state index is -0.272. The van der Waals surface area contributed by atoms with E-state index in [1.807, 2.05) is 4.90 Å². The number of nitrogens with zero attached hydrogens (tertiary/aromatic N) is 2. The van der Waals surface area contributed by atoms with Gasteiger partial charge in [0.1, 0.15) is 0 Å². The maximum Gasteiger partial charge on any atom is 0.215 e. The molecule has 0 aliphatic rings. The fourth-order valence-corrected chi connectivity index (χ4v) is 1.59. The van der Waals surface area contributed by atoms with Crippen LogP contribution in [-0.2, 0) is 4.74 Å². The van der Waals surface area contributed by atoms with Crippen LogP contribution in [0.25, 0.3) is 0 Å². The lowest BCUT2D eigenvalue weighted by Gasteiger charge is -2.31. The minimum Gasteiger partial charge on any atom is -0.383 e. The first-order chi connectivity index (χ1) is 7.56. The SMILES string of the molecule is CCC(CC)N(CCOC)/C(N)=N/C(=N)N. The molecule has 0 aromatic heterocycles. The molecule has 0 aromatic rings. The Morgan fingerprint density at radius 2 is 1.94 bits per heavy atom. The third-order valence-corrected chi connectivity index (χ3v) is 2.45. The molecule has 5 N–H and O–H groups in total. The van der Waals surface area contributed by atoms with E-state index in [4.69, 9.17) is 21.6 Å². The smallest absolute Gasteiger partial charge is 0.215 e. The zero-order valence-electron chi connectivity index (χ0n) is 10.4. The Hall–Kier alpha value is -1.30. The summed E-state index contributed by atoms with van der Waals surface area (Å²) in [5.41, 5.74) is 11.0. The molecule has 0 unspecified atom stereocenters. The average molecular weight is 229 g/mol. The summed E-state index contributed by atoms with van der Waals surface area (Å²) in [6.07, 6.45) is 1.93. The van der Waals surface area contributed by atoms with Crippen LogP contribution < -0.4 is 11.5 Å². The number of hydrogen-bond donors (Lipinski definition) is 3. The molecule has 0 aliphatic carbocycles. The lowest BCUT2D eigenvalue weighted by atomic mass is 10.1. The summed E-state index contributed by atoms with van der Waals surface area (Å²) >= 11 is 0. The molecule has 0 spiro atoms. The van der Waals surface area contributed by atoms with Gasteiger partial charge in [-0.3, -0.25) is 5.41 Å². The average Bonchev–Trinajstić information content (AvgIpc) is 2.23. The maximum absolute atomic E-state index is 7.10. The molecule has 0 atom stereocenters. The van der Waals surface area contributed by atoms with Gasteiger partial charge >= 0.3 is 0 Å². The molecule has 6 heteroatoms. The monoisotopic (exact) mass is 229 g/mol. The Morgan fingerprint density at radius 1 is 1.38 bits per heavy atom. The maximum atomic E-state index is 7.10. The molecular formula is C10H23N5O. The molecule has 0 bridgehead atoms. The van der Waals surface area contributed by atoms with Gasteiger partial charge in [0, 0.05) is 19.7 Å². The summed E-state index contributed by atoms with van der Waals surface area (Å²) in [4.78, 5) is 5.71. The molecular weight excluding hydrogens is 206 g/mol. The van der Waals surface area contributed by atoms with Crippen LogP contribution in [0.5, 0.6) is 0 Å². The first-order valence-corrected chi connectivity index (χ1v) is 5.50. The van der Waals surface area contributed by atoms with Crippen molar-refractivity contribution in [2.24, 2.45) is 16.5 Å². The van der Waals surface area contributed by atoms with E-state index in [0.717, 1.165) is 12.8 Å². The highest BCUT2D eigenvalue weighted by Gasteiger charge is 2.16. The minimum absolute atomic E-state index is 0.272. The topological polar surface area (TPSA) is 101 Å². The predicted molar refractivity (Wildman–Crippen MR) is 66.5 cm³/mol. The van der Waals surface area contributed by atoms with Crippen LogP contribution >= 0.6 is 0 Å². The van der Waals surface area contributed by atoms with Crippen molar-refractivity contribution in [3.05, 3.63) is 0 Å². The van der Waals surface area contributed by atoms with Gasteiger partial charge < -0.3 is 21.1 Å². The van der Waals surface area contributed by atoms with Gasteiger partial charge in [-0.2, -0.15) is 4.99 Å². The second-order valence-electron chi connectivity index (χ2n) is 3.51. The van der Waals surface area contributed by atoms with E-state index < -0.39 is 0 Å². The van der Waals surface area contributed by atoms with E-state index in [0.29, 0.717) is 25.2 Å². The van der Waals surface area contributed by atoms with E-state index in [1.165, 1.54) is 0 Å². The number of ether oxygens (including phenoxy) is 1. The number of hydrogen-bond acceptors (Lipinski definition) is 2. The number of aliphatic imine (C=N–C) groups is 1. The molecule has 0 radical (unpaired) electrons. The number of nitrogens with one attached hydrogen (secondary N) is 1. The zero-order chi connectivity index (χ0) is 12.6. The summed E-state index contributed by atoms with van der Waals surface area (Å²) < 4.78 is 5.03. The molecule has 0 aliphatic heterocycles. The lowest BCUT2D eigenvalue weighted by Crippen LogP contribution is -2.46. The molecule has 0 heterocycles. The van der Waals surface area contributed by atoms with Crippen molar-refractivity contribution in [3.8, 4) is 0 Å². The third-order valence-electron chi connectivity index (χ3n) is 2.45. The second-order valence-corrected chi connectivity index (χ2v) is 3.51. The third kappa shape index (κ3) is 4.97. The van der Waals surface area contributed by atoms with E-state index in [-0.39, 0.29) is 5.96 Å². The molecule has 94 valence electrons. The van der Waals surface area contributed by atoms with E-state index >= 15 is 0 Å². The van der Waals surface area contributed by atoms with Gasteiger partial charge in [0.2, 0.25) is 5.96 Å². The lowest BCUT2D eigenvalue weighted by molar-refractivity contribution is 0.158. The van der Waals surface area contributed by atoms with Crippen LogP contribution in [0.4, 0.5) is 0 Å². The Morgan fingerprint density at radius 3 is 2.31 bits per heavy atom. The van der Waals surface area contributed by atoms with Crippen LogP contribution in [-0.4, -0.2) is 43.1 Å². The number of rotatable bonds is 6. The molecule has 0 aromatic carbocycles. The Kier molecular flexibility index (Phi) is 7.28. The molecule has 16 heavy (non-hydrogen) atoms. The van der Waals surface area contributed by atoms with E-state index in [9.17, 15) is 0 Å². The standard InChI is InChI=1S/C10H23N5O/c1-4-8(5-2)15(6-7-16-3)10(13)14-9(11)12/h8H,4-7H2,1-3H3,(H5,11,12,13,14). The van der Waals surface area contributed by atoms with Crippen molar-refractivity contribution in [2.45, 2.75) is 32.7 Å². The van der Waals surface area contributed by atoms with Crippen molar-refractivity contribution in [2.75, 3.05) is 20.3 Å². The quantitative estimate of drug-likeness (QED) is 0.451. The molecule has 6 nitrogen and oxygen atoms in total. The van der Waals surface area contributed by atoms with Crippen LogP contribution in [0.15, 0.2) is 4.99 Å². The highest BCUT2D eigenvalue weighted by Crippen LogP contribution is 2.07. The van der Waals surface area contributed by atoms with Crippen molar-refractivity contribution >= 4 is 11.9 Å². The largest absolute Gasteiger partial charge is 0.383 e. The Balaban J connectivity index is 4.69. The van der Waals surface area contributed by atoms with Gasteiger partial charge in [-0.15, -0.1) is 0 Å². The highest BCUT2D eigenvalue weighted by molar-refractivity contribution is 5.91. The Labute approximate surface area is 97.2 Å². The fraction of sp³-hybridized carbons (Fsp3) is 0.800. The summed E-state index contributed by atoms with van der Waals surface area (Å²) in [6.45, 7) is 5.42. The highest BCUT2D eigenvalue weighted by atomic mass is 16.5. The number of nitrogens with two attached hydrogens (primary N) is 2. The normalized spacial score (nSPS) is 11.9. The molecule has 0 saturated carbocycles. The molecule has 0 fully saturated rings. The summed E-state index contributed by atoms with van der Waals surface area (Å²) in [5.74, 6) is 0.0177. The van der Waals surface area contributed by atoms with Gasteiger partial charge in [-0.1, -0.05) is 13.8 Å². The second kappa shape index (κ2) is 7.92. The number of methoxy groups -OCH3 is 1. The van der Waals surface area contributed by atoms with E-state index in [2.05, 4.69) is 18.8 Å². The first-order valence-electron chi connectivity index (χ1n) is 5.50. The predicted octanol–water partition coefficient (Wildman–Crippen LogP) is 0.332. The van der Waals surface area contributed by atoms with Crippen LogP contribution in [0.1, 0.15) is 26.7 Å². The van der Waals surface area contributed by atoms with Gasteiger partial charge in [0.05, 0.1) is 6.61 Å². The van der Waals surface area contributed by atoms with Crippen molar-refractivity contribution in [3.63, 3.8) is 0 Å². The summed E-state index contributed by atoms with van der Waals surface area (Å²) in [6, 6.07) is 0.304. The molecule has 0 saturated heterocycles. The summed E-state index contributed by atoms with van der Waals surface area (Å²) in [5, 5.41) is 7.10. The van der Waals surface area contributed by atoms with Gasteiger partial charge in [0.15, 0.2) is 5.96 Å². The van der Waals surface area contributed by atoms with Crippen molar-refractivity contribution < 1.29 is 4.74 Å². The molecule has 0 amide bonds. The van der Waals surface area contributed by atoms with E-state index in [1.54, 1.807) is 7.11 Å². The van der Waals surface area contributed by atoms with Gasteiger partial charge in [-0.25, -0.2) is 0 Å². The van der Waals surface area contributed by atoms with Crippen LogP contribution in [0.2, 0.25) is 0 Å². The first kappa shape index (κ1) is 14.7. The van der Waals surface area contributed by atoms with Crippen molar-refractivity contribution in [1.82, 2.24) is 4.90 Å². The van der Waals surface area contributed by atoms with Crippen molar-refractivity contribution in [1.29, 1.82) is 5.41 Å². The zero-order valence-corrected chi connectivity index (χ0v) is 10.4. The Bertz CT molecular complexity index is 237. The van der Waals surface area contributed by atoms with Crippen LogP contribution in [0.3, 0.4) is 0 Å². The summed E-state index contributed by atoms with van der Waals surface area (Å²) in [7, 11) is 1.64.